The van der Waals surface area contributed by atoms with Gasteiger partial charge in [-0.1, -0.05) is 11.6 Å². The molecule has 0 unspecified atom stereocenters. The quantitative estimate of drug-likeness (QED) is 0.716. The zero-order valence-corrected chi connectivity index (χ0v) is 9.52. The Balaban J connectivity index is 2.03. The van der Waals surface area contributed by atoms with Crippen molar-refractivity contribution in [2.24, 2.45) is 0 Å². The number of nitrogens with zero attached hydrogens (tertiary/aromatic N) is 3. The molecule has 0 atom stereocenters. The first-order chi connectivity index (χ1) is 7.84. The minimum atomic E-state index is 0.425. The SMILES string of the molecule is Clc1cc2cnn(C3CCOCC3)c2cn1. The molecule has 0 radical (unpaired) electrons. The maximum absolute atomic E-state index is 5.85. The van der Waals surface area contributed by atoms with Crippen LogP contribution < -0.4 is 0 Å². The van der Waals surface area contributed by atoms with Gasteiger partial charge in [-0.15, -0.1) is 0 Å². The number of rotatable bonds is 1. The molecule has 0 bridgehead atoms. The van der Waals surface area contributed by atoms with Crippen molar-refractivity contribution < 1.29 is 4.74 Å². The topological polar surface area (TPSA) is 39.9 Å². The summed E-state index contributed by atoms with van der Waals surface area (Å²) in [6.45, 7) is 1.63. The molecule has 1 aliphatic heterocycles. The molecule has 1 saturated heterocycles. The maximum atomic E-state index is 5.85. The average molecular weight is 238 g/mol. The maximum Gasteiger partial charge on any atom is 0.129 e. The van der Waals surface area contributed by atoms with Crippen molar-refractivity contribution in [3.63, 3.8) is 0 Å². The molecule has 3 rings (SSSR count). The molecule has 1 fully saturated rings. The van der Waals surface area contributed by atoms with Crippen LogP contribution in [-0.2, 0) is 4.74 Å². The molecule has 0 aromatic carbocycles. The van der Waals surface area contributed by atoms with Crippen molar-refractivity contribution in [2.45, 2.75) is 18.9 Å². The molecule has 84 valence electrons. The van der Waals surface area contributed by atoms with Crippen molar-refractivity contribution in [1.82, 2.24) is 14.8 Å². The molecule has 0 N–H and O–H groups in total. The normalized spacial score (nSPS) is 18.1. The molecule has 0 amide bonds. The van der Waals surface area contributed by atoms with Crippen LogP contribution in [0.3, 0.4) is 0 Å². The van der Waals surface area contributed by atoms with E-state index in [1.807, 2.05) is 16.9 Å². The summed E-state index contributed by atoms with van der Waals surface area (Å²) in [5, 5.41) is 5.98. The highest BCUT2D eigenvalue weighted by Crippen LogP contribution is 2.25. The number of fused-ring (bicyclic) bond motifs is 1. The number of hydrogen-bond acceptors (Lipinski definition) is 3. The lowest BCUT2D eigenvalue weighted by Crippen LogP contribution is -2.20. The summed E-state index contributed by atoms with van der Waals surface area (Å²) in [5.41, 5.74) is 1.05. The third kappa shape index (κ3) is 1.68. The molecule has 3 heterocycles. The van der Waals surface area contributed by atoms with Gasteiger partial charge in [0.2, 0.25) is 0 Å². The van der Waals surface area contributed by atoms with Crippen molar-refractivity contribution in [1.29, 1.82) is 0 Å². The van der Waals surface area contributed by atoms with Gasteiger partial charge < -0.3 is 4.74 Å². The number of aromatic nitrogens is 3. The van der Waals surface area contributed by atoms with Crippen molar-refractivity contribution in [2.75, 3.05) is 13.2 Å². The van der Waals surface area contributed by atoms with E-state index in [4.69, 9.17) is 16.3 Å². The van der Waals surface area contributed by atoms with Gasteiger partial charge in [0.25, 0.3) is 0 Å². The summed E-state index contributed by atoms with van der Waals surface area (Å²) in [7, 11) is 0. The minimum absolute atomic E-state index is 0.425. The second-order valence-corrected chi connectivity index (χ2v) is 4.39. The third-order valence-corrected chi connectivity index (χ3v) is 3.19. The van der Waals surface area contributed by atoms with Gasteiger partial charge in [0, 0.05) is 18.6 Å². The first-order valence-electron chi connectivity index (χ1n) is 5.41. The smallest absolute Gasteiger partial charge is 0.129 e. The van der Waals surface area contributed by atoms with E-state index < -0.39 is 0 Å². The number of ether oxygens (including phenoxy) is 1. The van der Waals surface area contributed by atoms with Crippen LogP contribution in [0.15, 0.2) is 18.5 Å². The Bertz CT molecular complexity index is 505. The lowest BCUT2D eigenvalue weighted by Gasteiger charge is -2.22. The van der Waals surface area contributed by atoms with E-state index in [1.54, 1.807) is 6.20 Å². The molecule has 0 spiro atoms. The number of hydrogen-bond donors (Lipinski definition) is 0. The van der Waals surface area contributed by atoms with Gasteiger partial charge >= 0.3 is 0 Å². The standard InChI is InChI=1S/C11H12ClN3O/c12-11-5-8-6-14-15(10(8)7-13-11)9-1-3-16-4-2-9/h5-7,9H,1-4H2. The van der Waals surface area contributed by atoms with Crippen LogP contribution in [-0.4, -0.2) is 28.0 Å². The van der Waals surface area contributed by atoms with E-state index in [9.17, 15) is 0 Å². The molecule has 0 saturated carbocycles. The summed E-state index contributed by atoms with van der Waals surface area (Å²) >= 11 is 5.85. The minimum Gasteiger partial charge on any atom is -0.381 e. The summed E-state index contributed by atoms with van der Waals surface area (Å²) in [5.74, 6) is 0. The van der Waals surface area contributed by atoms with Crippen LogP contribution in [0.25, 0.3) is 10.9 Å². The monoisotopic (exact) mass is 237 g/mol. The molecule has 0 aliphatic carbocycles. The van der Waals surface area contributed by atoms with Crippen LogP contribution in [0, 0.1) is 0 Å². The first-order valence-corrected chi connectivity index (χ1v) is 5.79. The third-order valence-electron chi connectivity index (χ3n) is 2.99. The van der Waals surface area contributed by atoms with E-state index in [1.165, 1.54) is 0 Å². The Kier molecular flexibility index (Phi) is 2.53. The lowest BCUT2D eigenvalue weighted by molar-refractivity contribution is 0.0674. The van der Waals surface area contributed by atoms with Gasteiger partial charge in [-0.2, -0.15) is 5.10 Å². The van der Waals surface area contributed by atoms with Crippen molar-refractivity contribution >= 4 is 22.5 Å². The van der Waals surface area contributed by atoms with Gasteiger partial charge in [-0.3, -0.25) is 4.68 Å². The summed E-state index contributed by atoms with van der Waals surface area (Å²) < 4.78 is 7.39. The molecule has 5 heteroatoms. The molecular formula is C11H12ClN3O. The van der Waals surface area contributed by atoms with Gasteiger partial charge in [-0.25, -0.2) is 4.98 Å². The van der Waals surface area contributed by atoms with Crippen LogP contribution in [0.4, 0.5) is 0 Å². The second kappa shape index (κ2) is 4.03. The van der Waals surface area contributed by atoms with Gasteiger partial charge in [-0.05, 0) is 18.9 Å². The Hall–Kier alpha value is -1.13. The highest BCUT2D eigenvalue weighted by molar-refractivity contribution is 6.30. The fourth-order valence-electron chi connectivity index (χ4n) is 2.14. The van der Waals surface area contributed by atoms with Crippen LogP contribution in [0.2, 0.25) is 5.15 Å². The summed E-state index contributed by atoms with van der Waals surface area (Å²) in [6, 6.07) is 2.27. The molecule has 4 nitrogen and oxygen atoms in total. The molecule has 16 heavy (non-hydrogen) atoms. The largest absolute Gasteiger partial charge is 0.381 e. The highest BCUT2D eigenvalue weighted by atomic mass is 35.5. The van der Waals surface area contributed by atoms with Crippen LogP contribution in [0.5, 0.6) is 0 Å². The number of halogens is 1. The van der Waals surface area contributed by atoms with Crippen molar-refractivity contribution in [3.8, 4) is 0 Å². The predicted molar refractivity (Wildman–Crippen MR) is 61.6 cm³/mol. The number of pyridine rings is 1. The van der Waals surface area contributed by atoms with Crippen molar-refractivity contribution in [3.05, 3.63) is 23.6 Å². The van der Waals surface area contributed by atoms with E-state index in [2.05, 4.69) is 10.1 Å². The first kappa shape index (κ1) is 10.1. The summed E-state index contributed by atoms with van der Waals surface area (Å²) in [6.07, 6.45) is 5.66. The van der Waals surface area contributed by atoms with E-state index in [0.29, 0.717) is 11.2 Å². The lowest BCUT2D eigenvalue weighted by atomic mass is 10.1. The van der Waals surface area contributed by atoms with Crippen LogP contribution >= 0.6 is 11.6 Å². The van der Waals surface area contributed by atoms with E-state index in [-0.39, 0.29) is 0 Å². The molecule has 2 aromatic heterocycles. The van der Waals surface area contributed by atoms with Crippen LogP contribution in [0.1, 0.15) is 18.9 Å². The Morgan fingerprint density at radius 2 is 2.12 bits per heavy atom. The predicted octanol–water partition coefficient (Wildman–Crippen LogP) is 2.44. The fraction of sp³-hybridized carbons (Fsp3) is 0.455. The molecular weight excluding hydrogens is 226 g/mol. The van der Waals surface area contributed by atoms with Gasteiger partial charge in [0.1, 0.15) is 5.15 Å². The van der Waals surface area contributed by atoms with Gasteiger partial charge in [0.15, 0.2) is 0 Å². The summed E-state index contributed by atoms with van der Waals surface area (Å²) in [4.78, 5) is 4.11. The Labute approximate surface area is 98.2 Å². The van der Waals surface area contributed by atoms with E-state index >= 15 is 0 Å². The van der Waals surface area contributed by atoms with E-state index in [0.717, 1.165) is 37.0 Å². The average Bonchev–Trinajstić information content (AvgIpc) is 2.73. The second-order valence-electron chi connectivity index (χ2n) is 4.00. The molecule has 2 aromatic rings. The highest BCUT2D eigenvalue weighted by Gasteiger charge is 2.18. The fourth-order valence-corrected chi connectivity index (χ4v) is 2.31. The zero-order valence-electron chi connectivity index (χ0n) is 8.77. The Morgan fingerprint density at radius 3 is 2.94 bits per heavy atom. The van der Waals surface area contributed by atoms with Gasteiger partial charge in [0.05, 0.1) is 24.0 Å². The Morgan fingerprint density at radius 1 is 1.31 bits per heavy atom. The zero-order chi connectivity index (χ0) is 11.0. The molecule has 1 aliphatic rings.